The van der Waals surface area contributed by atoms with E-state index in [-0.39, 0.29) is 12.4 Å². The van der Waals surface area contributed by atoms with Crippen LogP contribution < -0.4 is 5.30 Å². The lowest BCUT2D eigenvalue weighted by molar-refractivity contribution is 1.24. The Morgan fingerprint density at radius 1 is 1.25 bits per heavy atom. The number of benzene rings is 1. The summed E-state index contributed by atoms with van der Waals surface area (Å²) in [6.07, 6.45) is 1.67. The number of halogens is 1. The Hall–Kier alpha value is -0.570. The highest BCUT2D eigenvalue weighted by molar-refractivity contribution is 7.47. The molecule has 0 radical (unpaired) electrons. The van der Waals surface area contributed by atoms with Gasteiger partial charge in [-0.05, 0) is 11.5 Å². The number of rotatable bonds is 3. The molecule has 1 aromatic rings. The van der Waals surface area contributed by atoms with Crippen LogP contribution in [0.2, 0.25) is 0 Å². The second kappa shape index (κ2) is 7.10. The SMILES string of the molecule is Cl.N#CCCPc1ccccc1. The van der Waals surface area contributed by atoms with Gasteiger partial charge in [-0.1, -0.05) is 38.9 Å². The van der Waals surface area contributed by atoms with Gasteiger partial charge in [-0.2, -0.15) is 5.26 Å². The van der Waals surface area contributed by atoms with Crippen molar-refractivity contribution in [2.45, 2.75) is 6.42 Å². The first-order valence-corrected chi connectivity index (χ1v) is 4.80. The van der Waals surface area contributed by atoms with Crippen LogP contribution in [0.3, 0.4) is 0 Å². The molecule has 1 aromatic carbocycles. The van der Waals surface area contributed by atoms with Gasteiger partial charge in [0.2, 0.25) is 0 Å². The molecule has 1 nitrogen and oxygen atoms in total. The third-order valence-electron chi connectivity index (χ3n) is 1.34. The van der Waals surface area contributed by atoms with Crippen LogP contribution in [0.5, 0.6) is 0 Å². The molecule has 64 valence electrons. The first-order chi connectivity index (χ1) is 5.43. The van der Waals surface area contributed by atoms with Crippen LogP contribution in [0.1, 0.15) is 6.42 Å². The predicted octanol–water partition coefficient (Wildman–Crippen LogP) is 2.33. The molecule has 1 rings (SSSR count). The zero-order valence-corrected chi connectivity index (χ0v) is 8.47. The minimum Gasteiger partial charge on any atom is -0.198 e. The molecule has 1 atom stereocenters. The standard InChI is InChI=1S/C9H10NP.ClH/c10-7-4-8-11-9-5-2-1-3-6-9;/h1-3,5-6,11H,4,8H2;1H. The summed E-state index contributed by atoms with van der Waals surface area (Å²) in [5.41, 5.74) is 0. The highest BCUT2D eigenvalue weighted by Crippen LogP contribution is 2.09. The molecular weight excluding hydrogens is 189 g/mol. The van der Waals surface area contributed by atoms with Crippen molar-refractivity contribution in [1.82, 2.24) is 0 Å². The first-order valence-electron chi connectivity index (χ1n) is 3.59. The van der Waals surface area contributed by atoms with E-state index in [1.807, 2.05) is 18.2 Å². The molecule has 0 aliphatic heterocycles. The third kappa shape index (κ3) is 4.34. The number of hydrogen-bond donors (Lipinski definition) is 0. The summed E-state index contributed by atoms with van der Waals surface area (Å²) >= 11 is 0. The van der Waals surface area contributed by atoms with Gasteiger partial charge in [0.1, 0.15) is 0 Å². The Labute approximate surface area is 81.0 Å². The van der Waals surface area contributed by atoms with Gasteiger partial charge in [0, 0.05) is 6.42 Å². The van der Waals surface area contributed by atoms with Gasteiger partial charge in [0.15, 0.2) is 0 Å². The number of nitriles is 1. The lowest BCUT2D eigenvalue weighted by Gasteiger charge is -1.96. The minimum atomic E-state index is 0. The second-order valence-electron chi connectivity index (χ2n) is 2.20. The van der Waals surface area contributed by atoms with E-state index in [1.165, 1.54) is 5.30 Å². The summed E-state index contributed by atoms with van der Waals surface area (Å²) < 4.78 is 0. The molecule has 0 saturated heterocycles. The topological polar surface area (TPSA) is 23.8 Å². The molecule has 0 amide bonds. The maximum Gasteiger partial charge on any atom is 0.0625 e. The van der Waals surface area contributed by atoms with Crippen molar-refractivity contribution in [2.75, 3.05) is 6.16 Å². The van der Waals surface area contributed by atoms with E-state index in [2.05, 4.69) is 18.2 Å². The lowest BCUT2D eigenvalue weighted by Crippen LogP contribution is -1.92. The number of hydrogen-bond acceptors (Lipinski definition) is 1. The lowest BCUT2D eigenvalue weighted by atomic mass is 10.4. The van der Waals surface area contributed by atoms with Crippen molar-refractivity contribution in [1.29, 1.82) is 5.26 Å². The normalized spacial score (nSPS) is 9.25. The predicted molar refractivity (Wildman–Crippen MR) is 56.7 cm³/mol. The smallest absolute Gasteiger partial charge is 0.0625 e. The van der Waals surface area contributed by atoms with Crippen molar-refractivity contribution in [3.63, 3.8) is 0 Å². The highest BCUT2D eigenvalue weighted by atomic mass is 35.5. The van der Waals surface area contributed by atoms with Crippen LogP contribution in [-0.2, 0) is 0 Å². The maximum absolute atomic E-state index is 8.30. The van der Waals surface area contributed by atoms with Crippen molar-refractivity contribution in [3.8, 4) is 6.07 Å². The van der Waals surface area contributed by atoms with Gasteiger partial charge in [-0.15, -0.1) is 12.4 Å². The van der Waals surface area contributed by atoms with E-state index in [0.717, 1.165) is 14.7 Å². The molecule has 3 heteroatoms. The Morgan fingerprint density at radius 2 is 1.92 bits per heavy atom. The van der Waals surface area contributed by atoms with Crippen molar-refractivity contribution < 1.29 is 0 Å². The Kier molecular flexibility index (Phi) is 6.76. The van der Waals surface area contributed by atoms with Crippen molar-refractivity contribution in [3.05, 3.63) is 30.3 Å². The van der Waals surface area contributed by atoms with E-state index < -0.39 is 0 Å². The molecule has 0 N–H and O–H groups in total. The summed E-state index contributed by atoms with van der Waals surface area (Å²) in [6.45, 7) is 0. The zero-order chi connectivity index (χ0) is 7.94. The molecule has 0 saturated carbocycles. The Bertz CT molecular complexity index is 242. The van der Waals surface area contributed by atoms with E-state index in [0.29, 0.717) is 6.42 Å². The van der Waals surface area contributed by atoms with E-state index in [1.54, 1.807) is 0 Å². The highest BCUT2D eigenvalue weighted by Gasteiger charge is 1.88. The van der Waals surface area contributed by atoms with Crippen LogP contribution in [-0.4, -0.2) is 6.16 Å². The van der Waals surface area contributed by atoms with Crippen molar-refractivity contribution >= 4 is 26.3 Å². The molecular formula is C9H11ClNP. The summed E-state index contributed by atoms with van der Waals surface area (Å²) in [5, 5.41) is 9.65. The van der Waals surface area contributed by atoms with E-state index in [4.69, 9.17) is 5.26 Å². The first kappa shape index (κ1) is 11.4. The van der Waals surface area contributed by atoms with Gasteiger partial charge in [0.05, 0.1) is 6.07 Å². The molecule has 1 unspecified atom stereocenters. The van der Waals surface area contributed by atoms with Crippen LogP contribution in [0, 0.1) is 11.3 Å². The molecule has 0 bridgehead atoms. The van der Waals surface area contributed by atoms with E-state index >= 15 is 0 Å². The Balaban J connectivity index is 0.00000121. The molecule has 0 fully saturated rings. The summed E-state index contributed by atoms with van der Waals surface area (Å²) in [4.78, 5) is 0. The fraction of sp³-hybridized carbons (Fsp3) is 0.222. The third-order valence-corrected chi connectivity index (χ3v) is 2.58. The van der Waals surface area contributed by atoms with Gasteiger partial charge < -0.3 is 0 Å². The largest absolute Gasteiger partial charge is 0.198 e. The molecule has 12 heavy (non-hydrogen) atoms. The molecule has 0 spiro atoms. The van der Waals surface area contributed by atoms with Gasteiger partial charge in [-0.25, -0.2) is 0 Å². The van der Waals surface area contributed by atoms with Crippen LogP contribution in [0.25, 0.3) is 0 Å². The average Bonchev–Trinajstić information content (AvgIpc) is 2.07. The zero-order valence-electron chi connectivity index (χ0n) is 6.66. The average molecular weight is 200 g/mol. The van der Waals surface area contributed by atoms with Crippen LogP contribution in [0.15, 0.2) is 30.3 Å². The van der Waals surface area contributed by atoms with Gasteiger partial charge >= 0.3 is 0 Å². The number of nitrogens with zero attached hydrogens (tertiary/aromatic N) is 1. The Morgan fingerprint density at radius 3 is 2.50 bits per heavy atom. The minimum absolute atomic E-state index is 0. The fourth-order valence-corrected chi connectivity index (χ4v) is 1.77. The summed E-state index contributed by atoms with van der Waals surface area (Å²) in [7, 11) is 0.789. The monoisotopic (exact) mass is 199 g/mol. The molecule has 0 aromatic heterocycles. The van der Waals surface area contributed by atoms with E-state index in [9.17, 15) is 0 Å². The van der Waals surface area contributed by atoms with Gasteiger partial charge in [-0.3, -0.25) is 0 Å². The molecule has 0 aliphatic carbocycles. The fourth-order valence-electron chi connectivity index (χ4n) is 0.819. The van der Waals surface area contributed by atoms with Gasteiger partial charge in [0.25, 0.3) is 0 Å². The molecule has 0 heterocycles. The van der Waals surface area contributed by atoms with Crippen LogP contribution in [0.4, 0.5) is 0 Å². The maximum atomic E-state index is 8.30. The summed E-state index contributed by atoms with van der Waals surface area (Å²) in [5.74, 6) is 0. The summed E-state index contributed by atoms with van der Waals surface area (Å²) in [6, 6.07) is 12.4. The van der Waals surface area contributed by atoms with Crippen LogP contribution >= 0.6 is 21.0 Å². The quantitative estimate of drug-likeness (QED) is 0.542. The second-order valence-corrected chi connectivity index (χ2v) is 3.63. The molecule has 0 aliphatic rings. The van der Waals surface area contributed by atoms with Crippen molar-refractivity contribution in [2.24, 2.45) is 0 Å².